The normalized spacial score (nSPS) is 12.3. The maximum absolute atomic E-state index is 12.5. The Kier molecular flexibility index (Phi) is 7.20. The molecular weight excluding hydrogens is 262 g/mol. The first-order valence-electron chi connectivity index (χ1n) is 8.04. The quantitative estimate of drug-likeness (QED) is 0.766. The molecule has 0 aliphatic carbocycles. The van der Waals surface area contributed by atoms with Crippen LogP contribution in [0.1, 0.15) is 63.0 Å². The van der Waals surface area contributed by atoms with Gasteiger partial charge < -0.3 is 10.6 Å². The molecule has 0 fully saturated rings. The van der Waals surface area contributed by atoms with Crippen molar-refractivity contribution in [2.75, 3.05) is 11.9 Å². The molecule has 1 heterocycles. The molecule has 0 aromatic carbocycles. The molecule has 0 saturated heterocycles. The van der Waals surface area contributed by atoms with Crippen LogP contribution < -0.4 is 10.6 Å². The highest BCUT2D eigenvalue weighted by molar-refractivity contribution is 5.99. The predicted molar refractivity (Wildman–Crippen MR) is 88.8 cm³/mol. The molecule has 118 valence electrons. The van der Waals surface area contributed by atoms with Crippen molar-refractivity contribution in [1.82, 2.24) is 10.3 Å². The molecule has 4 nitrogen and oxygen atoms in total. The van der Waals surface area contributed by atoms with Gasteiger partial charge in [-0.2, -0.15) is 0 Å². The van der Waals surface area contributed by atoms with Gasteiger partial charge in [0.15, 0.2) is 0 Å². The zero-order valence-electron chi connectivity index (χ0n) is 14.0. The fraction of sp³-hybridized carbons (Fsp3) is 0.647. The van der Waals surface area contributed by atoms with E-state index in [4.69, 9.17) is 0 Å². The van der Waals surface area contributed by atoms with Crippen LogP contribution in [0.25, 0.3) is 0 Å². The van der Waals surface area contributed by atoms with E-state index in [-0.39, 0.29) is 11.9 Å². The van der Waals surface area contributed by atoms with Gasteiger partial charge >= 0.3 is 0 Å². The number of pyridine rings is 1. The van der Waals surface area contributed by atoms with Gasteiger partial charge in [-0.15, -0.1) is 0 Å². The maximum Gasteiger partial charge on any atom is 0.255 e. The third-order valence-electron chi connectivity index (χ3n) is 3.97. The number of amides is 1. The van der Waals surface area contributed by atoms with Gasteiger partial charge in [-0.3, -0.25) is 9.78 Å². The summed E-state index contributed by atoms with van der Waals surface area (Å²) in [7, 11) is 0. The van der Waals surface area contributed by atoms with Crippen LogP contribution in [-0.4, -0.2) is 23.5 Å². The average Bonchev–Trinajstić information content (AvgIpc) is 2.46. The molecule has 0 saturated carbocycles. The van der Waals surface area contributed by atoms with Gasteiger partial charge in [0.2, 0.25) is 0 Å². The lowest BCUT2D eigenvalue weighted by molar-refractivity contribution is 0.0925. The van der Waals surface area contributed by atoms with Crippen LogP contribution in [-0.2, 0) is 0 Å². The lowest BCUT2D eigenvalue weighted by atomic mass is 9.95. The summed E-state index contributed by atoms with van der Waals surface area (Å²) in [5.41, 5.74) is 2.42. The van der Waals surface area contributed by atoms with E-state index in [0.29, 0.717) is 11.5 Å². The minimum atomic E-state index is -0.0412. The number of hydrogen-bond acceptors (Lipinski definition) is 3. The topological polar surface area (TPSA) is 54.0 Å². The van der Waals surface area contributed by atoms with Crippen LogP contribution in [0, 0.1) is 12.8 Å². The molecule has 21 heavy (non-hydrogen) atoms. The van der Waals surface area contributed by atoms with Crippen molar-refractivity contribution in [3.05, 3.63) is 23.5 Å². The Morgan fingerprint density at radius 1 is 1.29 bits per heavy atom. The van der Waals surface area contributed by atoms with Gasteiger partial charge in [0.05, 0.1) is 11.3 Å². The number of aryl methyl sites for hydroxylation is 1. The van der Waals surface area contributed by atoms with E-state index in [9.17, 15) is 4.79 Å². The Morgan fingerprint density at radius 3 is 2.52 bits per heavy atom. The number of anilines is 1. The Balaban J connectivity index is 2.86. The minimum absolute atomic E-state index is 0.0412. The summed E-state index contributed by atoms with van der Waals surface area (Å²) in [5, 5.41) is 6.43. The van der Waals surface area contributed by atoms with Gasteiger partial charge in [-0.1, -0.05) is 33.6 Å². The fourth-order valence-corrected chi connectivity index (χ4v) is 2.54. The lowest BCUT2D eigenvalue weighted by Gasteiger charge is -2.23. The van der Waals surface area contributed by atoms with Crippen LogP contribution >= 0.6 is 0 Å². The number of hydrogen-bond donors (Lipinski definition) is 2. The fourth-order valence-electron chi connectivity index (χ4n) is 2.54. The number of nitrogens with one attached hydrogen (secondary N) is 2. The molecule has 1 atom stereocenters. The first-order valence-corrected chi connectivity index (χ1v) is 8.04. The Labute approximate surface area is 128 Å². The van der Waals surface area contributed by atoms with Gasteiger partial charge in [0, 0.05) is 24.5 Å². The molecule has 4 heteroatoms. The van der Waals surface area contributed by atoms with Crippen LogP contribution in [0.2, 0.25) is 0 Å². The van der Waals surface area contributed by atoms with Gasteiger partial charge in [0.25, 0.3) is 5.91 Å². The zero-order chi connectivity index (χ0) is 15.8. The van der Waals surface area contributed by atoms with Crippen LogP contribution in [0.3, 0.4) is 0 Å². The second-order valence-corrected chi connectivity index (χ2v) is 5.64. The van der Waals surface area contributed by atoms with Crippen LogP contribution in [0.15, 0.2) is 12.3 Å². The second-order valence-electron chi connectivity index (χ2n) is 5.64. The lowest BCUT2D eigenvalue weighted by Crippen LogP contribution is -2.38. The number of carbonyl (C=O) groups excluding carboxylic acids is 1. The molecule has 1 unspecified atom stereocenters. The summed E-state index contributed by atoms with van der Waals surface area (Å²) in [4.78, 5) is 16.8. The number of aromatic nitrogens is 1. The molecular formula is C17H29N3O. The summed E-state index contributed by atoms with van der Waals surface area (Å²) in [5.74, 6) is 0.472. The van der Waals surface area contributed by atoms with Crippen molar-refractivity contribution in [2.45, 2.75) is 59.9 Å². The highest BCUT2D eigenvalue weighted by atomic mass is 16.1. The molecule has 0 spiro atoms. The first-order chi connectivity index (χ1) is 10.0. The largest absolute Gasteiger partial charge is 0.384 e. The van der Waals surface area contributed by atoms with Crippen molar-refractivity contribution in [2.24, 2.45) is 5.92 Å². The number of carbonyl (C=O) groups is 1. The van der Waals surface area contributed by atoms with Crippen molar-refractivity contribution in [3.8, 4) is 0 Å². The molecule has 1 rings (SSSR count). The average molecular weight is 291 g/mol. The zero-order valence-corrected chi connectivity index (χ0v) is 14.0. The minimum Gasteiger partial charge on any atom is -0.384 e. The standard InChI is InChI=1S/C17H29N3O/c1-6-9-18-16-10-12(4)19-11-15(16)17(21)20-13(5)14(7-2)8-3/h10-11,13-14H,6-9H2,1-5H3,(H,18,19)(H,20,21). The van der Waals surface area contributed by atoms with E-state index in [2.05, 4.69) is 43.3 Å². The monoisotopic (exact) mass is 291 g/mol. The van der Waals surface area contributed by atoms with Crippen LogP contribution in [0.5, 0.6) is 0 Å². The van der Waals surface area contributed by atoms with Gasteiger partial charge in [0.1, 0.15) is 0 Å². The smallest absolute Gasteiger partial charge is 0.255 e. The predicted octanol–water partition coefficient (Wildman–Crippen LogP) is 3.77. The van der Waals surface area contributed by atoms with Crippen LogP contribution in [0.4, 0.5) is 5.69 Å². The SMILES string of the molecule is CCCNc1cc(C)ncc1C(=O)NC(C)C(CC)CC. The summed E-state index contributed by atoms with van der Waals surface area (Å²) < 4.78 is 0. The Hall–Kier alpha value is -1.58. The number of nitrogens with zero attached hydrogens (tertiary/aromatic N) is 1. The Morgan fingerprint density at radius 2 is 1.95 bits per heavy atom. The third-order valence-corrected chi connectivity index (χ3v) is 3.97. The van der Waals surface area contributed by atoms with Crippen molar-refractivity contribution < 1.29 is 4.79 Å². The van der Waals surface area contributed by atoms with Gasteiger partial charge in [-0.25, -0.2) is 0 Å². The Bertz CT molecular complexity index is 455. The molecule has 0 aliphatic heterocycles. The summed E-state index contributed by atoms with van der Waals surface area (Å²) in [6, 6.07) is 2.11. The van der Waals surface area contributed by atoms with E-state index in [1.165, 1.54) is 0 Å². The van der Waals surface area contributed by atoms with Crippen molar-refractivity contribution in [1.29, 1.82) is 0 Å². The van der Waals surface area contributed by atoms with E-state index < -0.39 is 0 Å². The maximum atomic E-state index is 12.5. The van der Waals surface area contributed by atoms with E-state index in [0.717, 1.165) is 37.2 Å². The van der Waals surface area contributed by atoms with Gasteiger partial charge in [-0.05, 0) is 32.3 Å². The molecule has 2 N–H and O–H groups in total. The molecule has 1 amide bonds. The summed E-state index contributed by atoms with van der Waals surface area (Å²) in [6.07, 6.45) is 4.84. The van der Waals surface area contributed by atoms with E-state index in [1.807, 2.05) is 13.0 Å². The molecule has 0 bridgehead atoms. The first kappa shape index (κ1) is 17.5. The summed E-state index contributed by atoms with van der Waals surface area (Å²) in [6.45, 7) is 11.3. The van der Waals surface area contributed by atoms with E-state index in [1.54, 1.807) is 6.20 Å². The number of rotatable bonds is 8. The highest BCUT2D eigenvalue weighted by Gasteiger charge is 2.19. The third kappa shape index (κ3) is 5.03. The highest BCUT2D eigenvalue weighted by Crippen LogP contribution is 2.18. The van der Waals surface area contributed by atoms with E-state index >= 15 is 0 Å². The van der Waals surface area contributed by atoms with Crippen molar-refractivity contribution >= 4 is 11.6 Å². The molecule has 0 aliphatic rings. The second kappa shape index (κ2) is 8.65. The molecule has 1 aromatic rings. The van der Waals surface area contributed by atoms with Crippen molar-refractivity contribution in [3.63, 3.8) is 0 Å². The molecule has 1 aromatic heterocycles. The molecule has 0 radical (unpaired) electrons. The summed E-state index contributed by atoms with van der Waals surface area (Å²) >= 11 is 0.